The van der Waals surface area contributed by atoms with Crippen LogP contribution in [0.4, 0.5) is 11.4 Å². The summed E-state index contributed by atoms with van der Waals surface area (Å²) in [7, 11) is -1.14. The predicted octanol–water partition coefficient (Wildman–Crippen LogP) is 0.827. The van der Waals surface area contributed by atoms with Crippen LogP contribution in [-0.4, -0.2) is 47.6 Å². The van der Waals surface area contributed by atoms with Crippen molar-refractivity contribution in [1.29, 1.82) is 5.26 Å². The second kappa shape index (κ2) is 7.68. The minimum absolute atomic E-state index is 0.242. The van der Waals surface area contributed by atoms with Gasteiger partial charge in [0.1, 0.15) is 12.7 Å². The number of carbonyl (C=O) groups is 1. The Balaban J connectivity index is 2.80. The van der Waals surface area contributed by atoms with Gasteiger partial charge in [-0.1, -0.05) is 0 Å². The zero-order chi connectivity index (χ0) is 16.8. The van der Waals surface area contributed by atoms with E-state index in [1.54, 1.807) is 19.0 Å². The molecule has 0 saturated carbocycles. The molecule has 0 radical (unpaired) electrons. The number of phosphoric acid groups is 1. The van der Waals surface area contributed by atoms with Gasteiger partial charge in [-0.15, -0.1) is 0 Å². The molecule has 0 bridgehead atoms. The maximum absolute atomic E-state index is 11.5. The standard InChI is InChI=1S/C12H15N4O5P/c1-16(2)8-14-11-4-3-10(5-9(11)6-13)15-12(17)7-21-22(18,19)20/h3-5,8H,7H2,1-2H3,(H,15,17)(H2,18,19,20)/b14-8+. The van der Waals surface area contributed by atoms with Gasteiger partial charge in [-0.2, -0.15) is 5.26 Å². The second-order valence-corrected chi connectivity index (χ2v) is 5.60. The van der Waals surface area contributed by atoms with Crippen LogP contribution >= 0.6 is 7.82 Å². The molecule has 0 aromatic heterocycles. The Morgan fingerprint density at radius 3 is 2.77 bits per heavy atom. The summed E-state index contributed by atoms with van der Waals surface area (Å²) in [6.07, 6.45) is 1.53. The van der Waals surface area contributed by atoms with E-state index in [4.69, 9.17) is 15.0 Å². The molecule has 0 aliphatic rings. The van der Waals surface area contributed by atoms with Gasteiger partial charge in [-0.25, -0.2) is 9.56 Å². The summed E-state index contributed by atoms with van der Waals surface area (Å²) in [5.41, 5.74) is 0.965. The largest absolute Gasteiger partial charge is 0.470 e. The third-order valence-corrected chi connectivity index (χ3v) is 2.66. The molecule has 1 aromatic rings. The van der Waals surface area contributed by atoms with Gasteiger partial charge in [-0.3, -0.25) is 9.32 Å². The van der Waals surface area contributed by atoms with Crippen LogP contribution in [0.25, 0.3) is 0 Å². The fourth-order valence-electron chi connectivity index (χ4n) is 1.33. The number of carbonyl (C=O) groups excluding carboxylic acids is 1. The van der Waals surface area contributed by atoms with E-state index in [1.807, 2.05) is 6.07 Å². The fourth-order valence-corrected chi connectivity index (χ4v) is 1.62. The number of hydrogen-bond acceptors (Lipinski definition) is 5. The Labute approximate surface area is 127 Å². The molecule has 118 valence electrons. The number of nitrogens with zero attached hydrogens (tertiary/aromatic N) is 3. The van der Waals surface area contributed by atoms with E-state index in [1.165, 1.54) is 24.5 Å². The summed E-state index contributed by atoms with van der Waals surface area (Å²) < 4.78 is 14.6. The maximum Gasteiger partial charge on any atom is 0.470 e. The normalized spacial score (nSPS) is 11.2. The quantitative estimate of drug-likeness (QED) is 0.400. The molecule has 22 heavy (non-hydrogen) atoms. The van der Waals surface area contributed by atoms with E-state index >= 15 is 0 Å². The lowest BCUT2D eigenvalue weighted by Gasteiger charge is -2.08. The highest BCUT2D eigenvalue weighted by Gasteiger charge is 2.16. The number of amides is 1. The molecule has 0 spiro atoms. The average Bonchev–Trinajstić information content (AvgIpc) is 2.42. The lowest BCUT2D eigenvalue weighted by molar-refractivity contribution is -0.118. The van der Waals surface area contributed by atoms with E-state index in [9.17, 15) is 9.36 Å². The van der Waals surface area contributed by atoms with Gasteiger partial charge in [0.2, 0.25) is 0 Å². The zero-order valence-corrected chi connectivity index (χ0v) is 12.8. The van der Waals surface area contributed by atoms with Crippen molar-refractivity contribution < 1.29 is 23.7 Å². The van der Waals surface area contributed by atoms with Crippen LogP contribution < -0.4 is 5.32 Å². The molecule has 0 saturated heterocycles. The van der Waals surface area contributed by atoms with Crippen molar-refractivity contribution in [2.24, 2.45) is 4.99 Å². The highest BCUT2D eigenvalue weighted by atomic mass is 31.2. The predicted molar refractivity (Wildman–Crippen MR) is 79.6 cm³/mol. The minimum atomic E-state index is -4.70. The number of anilines is 1. The Kier molecular flexibility index (Phi) is 6.22. The highest BCUT2D eigenvalue weighted by Crippen LogP contribution is 2.35. The third-order valence-electron chi connectivity index (χ3n) is 2.19. The lowest BCUT2D eigenvalue weighted by atomic mass is 10.1. The molecule has 0 atom stereocenters. The number of hydrogen-bond donors (Lipinski definition) is 3. The van der Waals surface area contributed by atoms with Crippen LogP contribution in [-0.2, 0) is 13.9 Å². The van der Waals surface area contributed by atoms with Gasteiger partial charge in [0.25, 0.3) is 5.91 Å². The second-order valence-electron chi connectivity index (χ2n) is 4.36. The van der Waals surface area contributed by atoms with Crippen LogP contribution in [0.3, 0.4) is 0 Å². The molecule has 9 nitrogen and oxygen atoms in total. The molecule has 0 unspecified atom stereocenters. The first-order valence-electron chi connectivity index (χ1n) is 5.96. The first kappa shape index (κ1) is 17.8. The molecule has 0 heterocycles. The zero-order valence-electron chi connectivity index (χ0n) is 11.9. The Hall–Kier alpha value is -2.24. The van der Waals surface area contributed by atoms with Crippen molar-refractivity contribution in [3.63, 3.8) is 0 Å². The third kappa shape index (κ3) is 6.47. The van der Waals surface area contributed by atoms with Crippen molar-refractivity contribution in [3.05, 3.63) is 23.8 Å². The summed E-state index contributed by atoms with van der Waals surface area (Å²) in [6, 6.07) is 6.40. The van der Waals surface area contributed by atoms with Crippen LogP contribution in [0.5, 0.6) is 0 Å². The van der Waals surface area contributed by atoms with E-state index in [0.29, 0.717) is 11.4 Å². The Bertz CT molecular complexity index is 662. The van der Waals surface area contributed by atoms with Crippen LogP contribution in [0.2, 0.25) is 0 Å². The van der Waals surface area contributed by atoms with Crippen molar-refractivity contribution in [2.45, 2.75) is 0 Å². The number of benzene rings is 1. The molecule has 0 fully saturated rings. The number of rotatable bonds is 6. The molecular weight excluding hydrogens is 311 g/mol. The van der Waals surface area contributed by atoms with Gasteiger partial charge < -0.3 is 20.0 Å². The van der Waals surface area contributed by atoms with Crippen molar-refractivity contribution >= 4 is 31.4 Å². The van der Waals surface area contributed by atoms with Gasteiger partial charge in [0.05, 0.1) is 17.6 Å². The van der Waals surface area contributed by atoms with Gasteiger partial charge in [-0.05, 0) is 18.2 Å². The molecule has 10 heteroatoms. The number of aliphatic imine (C=N–C) groups is 1. The molecule has 1 aromatic carbocycles. The summed E-state index contributed by atoms with van der Waals surface area (Å²) in [5.74, 6) is -0.753. The monoisotopic (exact) mass is 326 g/mol. The summed E-state index contributed by atoms with van der Waals surface area (Å²) in [4.78, 5) is 34.3. The summed E-state index contributed by atoms with van der Waals surface area (Å²) >= 11 is 0. The fraction of sp³-hybridized carbons (Fsp3) is 0.250. The topological polar surface area (TPSA) is 135 Å². The Morgan fingerprint density at radius 1 is 1.55 bits per heavy atom. The Morgan fingerprint density at radius 2 is 2.23 bits per heavy atom. The first-order valence-corrected chi connectivity index (χ1v) is 7.49. The van der Waals surface area contributed by atoms with Gasteiger partial charge in [0, 0.05) is 19.8 Å². The highest BCUT2D eigenvalue weighted by molar-refractivity contribution is 7.46. The average molecular weight is 326 g/mol. The van der Waals surface area contributed by atoms with Crippen molar-refractivity contribution in [2.75, 3.05) is 26.0 Å². The molecule has 0 aliphatic carbocycles. The SMILES string of the molecule is CN(C)/C=N/c1ccc(NC(=O)COP(=O)(O)O)cc1C#N. The maximum atomic E-state index is 11.5. The first-order chi connectivity index (χ1) is 10.2. The van der Waals surface area contributed by atoms with Gasteiger partial charge in [0.15, 0.2) is 0 Å². The lowest BCUT2D eigenvalue weighted by Crippen LogP contribution is -2.17. The number of nitriles is 1. The minimum Gasteiger partial charge on any atom is -0.369 e. The molecule has 3 N–H and O–H groups in total. The van der Waals surface area contributed by atoms with Crippen molar-refractivity contribution in [1.82, 2.24) is 4.90 Å². The summed E-state index contributed by atoms with van der Waals surface area (Å²) in [6.45, 7) is -0.799. The number of phosphoric ester groups is 1. The van der Waals surface area contributed by atoms with Crippen molar-refractivity contribution in [3.8, 4) is 6.07 Å². The molecule has 0 aliphatic heterocycles. The smallest absolute Gasteiger partial charge is 0.369 e. The van der Waals surface area contributed by atoms with E-state index in [-0.39, 0.29) is 5.56 Å². The van der Waals surface area contributed by atoms with Crippen LogP contribution in [0, 0.1) is 11.3 Å². The van der Waals surface area contributed by atoms with Crippen LogP contribution in [0.15, 0.2) is 23.2 Å². The molecule has 1 rings (SSSR count). The van der Waals surface area contributed by atoms with Gasteiger partial charge >= 0.3 is 7.82 Å². The van der Waals surface area contributed by atoms with Crippen LogP contribution in [0.1, 0.15) is 5.56 Å². The van der Waals surface area contributed by atoms with E-state index in [2.05, 4.69) is 14.8 Å². The number of nitrogens with one attached hydrogen (secondary N) is 1. The van der Waals surface area contributed by atoms with E-state index < -0.39 is 20.3 Å². The van der Waals surface area contributed by atoms with E-state index in [0.717, 1.165) is 0 Å². The molecule has 1 amide bonds. The molecular formula is C12H15N4O5P. The summed E-state index contributed by atoms with van der Waals surface area (Å²) in [5, 5.41) is 11.4.